The highest BCUT2D eigenvalue weighted by Gasteiger charge is 2.29. The van der Waals surface area contributed by atoms with Crippen LogP contribution in [-0.2, 0) is 4.79 Å². The lowest BCUT2D eigenvalue weighted by Crippen LogP contribution is -2.30. The van der Waals surface area contributed by atoms with Crippen LogP contribution in [0.3, 0.4) is 0 Å². The number of amides is 1. The van der Waals surface area contributed by atoms with Crippen LogP contribution in [0.2, 0.25) is 0 Å². The van der Waals surface area contributed by atoms with Gasteiger partial charge in [0.2, 0.25) is 5.91 Å². The van der Waals surface area contributed by atoms with Crippen LogP contribution in [0, 0.1) is 0 Å². The Kier molecular flexibility index (Phi) is 6.67. The van der Waals surface area contributed by atoms with Gasteiger partial charge in [0, 0.05) is 29.4 Å². The summed E-state index contributed by atoms with van der Waals surface area (Å²) in [5.41, 5.74) is 1.78. The summed E-state index contributed by atoms with van der Waals surface area (Å²) < 4.78 is 6.43. The van der Waals surface area contributed by atoms with Crippen LogP contribution in [0.25, 0.3) is 0 Å². The molecule has 0 radical (unpaired) electrons. The molecule has 0 aromatic heterocycles. The average molecular weight is 430 g/mol. The predicted molar refractivity (Wildman–Crippen MR) is 109 cm³/mol. The molecule has 1 fully saturated rings. The van der Waals surface area contributed by atoms with Gasteiger partial charge in [0.15, 0.2) is 5.78 Å². The third-order valence-corrected chi connectivity index (χ3v) is 5.41. The Balaban J connectivity index is 1.59. The normalized spacial score (nSPS) is 16.4. The van der Waals surface area contributed by atoms with Crippen molar-refractivity contribution >= 4 is 27.6 Å². The van der Waals surface area contributed by atoms with Crippen molar-refractivity contribution in [2.45, 2.75) is 38.6 Å². The van der Waals surface area contributed by atoms with Gasteiger partial charge in [-0.2, -0.15) is 0 Å². The number of ether oxygens (including phenoxy) is 1. The Labute approximate surface area is 168 Å². The summed E-state index contributed by atoms with van der Waals surface area (Å²) in [6, 6.07) is 15.3. The molecule has 5 heteroatoms. The van der Waals surface area contributed by atoms with Crippen molar-refractivity contribution in [3.8, 4) is 5.75 Å². The van der Waals surface area contributed by atoms with E-state index in [2.05, 4.69) is 15.9 Å². The molecule has 142 valence electrons. The summed E-state index contributed by atoms with van der Waals surface area (Å²) >= 11 is 3.36. The number of nitrogens with zero attached hydrogens (tertiary/aromatic N) is 1. The van der Waals surface area contributed by atoms with E-state index in [1.54, 1.807) is 12.1 Å². The lowest BCUT2D eigenvalue weighted by atomic mass is 10.0. The van der Waals surface area contributed by atoms with E-state index >= 15 is 0 Å². The van der Waals surface area contributed by atoms with Gasteiger partial charge in [-0.15, -0.1) is 0 Å². The van der Waals surface area contributed by atoms with Crippen LogP contribution < -0.4 is 4.74 Å². The molecule has 1 aliphatic heterocycles. The molecule has 1 saturated heterocycles. The zero-order valence-corrected chi connectivity index (χ0v) is 17.1. The Bertz CT molecular complexity index is 786. The molecule has 1 atom stereocenters. The van der Waals surface area contributed by atoms with Crippen LogP contribution in [0.1, 0.15) is 54.6 Å². The van der Waals surface area contributed by atoms with Gasteiger partial charge in [0.05, 0.1) is 12.6 Å². The molecule has 27 heavy (non-hydrogen) atoms. The lowest BCUT2D eigenvalue weighted by molar-refractivity contribution is -0.132. The summed E-state index contributed by atoms with van der Waals surface area (Å²) in [4.78, 5) is 27.0. The molecule has 2 aromatic carbocycles. The molecule has 0 N–H and O–H groups in total. The fraction of sp³-hybridized carbons (Fsp3) is 0.364. The van der Waals surface area contributed by atoms with Crippen LogP contribution >= 0.6 is 15.9 Å². The maximum Gasteiger partial charge on any atom is 0.223 e. The van der Waals surface area contributed by atoms with Gasteiger partial charge in [-0.3, -0.25) is 9.59 Å². The zero-order valence-electron chi connectivity index (χ0n) is 15.5. The first-order chi connectivity index (χ1) is 13.1. The van der Waals surface area contributed by atoms with E-state index in [0.717, 1.165) is 35.2 Å². The quantitative estimate of drug-likeness (QED) is 0.569. The number of carbonyl (C=O) groups is 2. The third kappa shape index (κ3) is 4.98. The molecule has 0 aliphatic carbocycles. The minimum Gasteiger partial charge on any atom is -0.494 e. The first-order valence-corrected chi connectivity index (χ1v) is 10.2. The number of hydrogen-bond acceptors (Lipinski definition) is 3. The number of carbonyl (C=O) groups excluding carboxylic acids is 2. The number of benzene rings is 2. The topological polar surface area (TPSA) is 46.6 Å². The summed E-state index contributed by atoms with van der Waals surface area (Å²) in [5.74, 6) is 0.904. The minimum absolute atomic E-state index is 0.00710. The largest absolute Gasteiger partial charge is 0.494 e. The SMILES string of the molecule is CCOc1ccc([C@@H]2CCCN2C(=O)CCC(=O)c2ccc(Br)cc2)cc1. The molecule has 0 spiro atoms. The van der Waals surface area contributed by atoms with Crippen LogP contribution in [0.4, 0.5) is 0 Å². The molecule has 3 rings (SSSR count). The molecule has 2 aromatic rings. The van der Waals surface area contributed by atoms with Crippen LogP contribution in [0.5, 0.6) is 5.75 Å². The van der Waals surface area contributed by atoms with Crippen molar-refractivity contribution in [1.29, 1.82) is 0 Å². The average Bonchev–Trinajstić information content (AvgIpc) is 3.17. The van der Waals surface area contributed by atoms with Crippen molar-refractivity contribution < 1.29 is 14.3 Å². The van der Waals surface area contributed by atoms with Gasteiger partial charge < -0.3 is 9.64 Å². The number of halogens is 1. The Hall–Kier alpha value is -2.14. The molecular formula is C22H24BrNO3. The van der Waals surface area contributed by atoms with E-state index in [1.807, 2.05) is 48.2 Å². The van der Waals surface area contributed by atoms with Gasteiger partial charge in [0.1, 0.15) is 5.75 Å². The molecule has 1 amide bonds. The predicted octanol–water partition coefficient (Wildman–Crippen LogP) is 5.17. The second-order valence-corrected chi connectivity index (χ2v) is 7.59. The first kappa shape index (κ1) is 19.6. The Morgan fingerprint density at radius 1 is 1.07 bits per heavy atom. The van der Waals surface area contributed by atoms with E-state index < -0.39 is 0 Å². The zero-order chi connectivity index (χ0) is 19.2. The van der Waals surface area contributed by atoms with Crippen molar-refractivity contribution in [2.75, 3.05) is 13.2 Å². The summed E-state index contributed by atoms with van der Waals surface area (Å²) in [7, 11) is 0. The van der Waals surface area contributed by atoms with Crippen molar-refractivity contribution in [1.82, 2.24) is 4.90 Å². The van der Waals surface area contributed by atoms with Gasteiger partial charge >= 0.3 is 0 Å². The number of Topliss-reactive ketones (excluding diaryl/α,β-unsaturated/α-hetero) is 1. The molecular weight excluding hydrogens is 406 g/mol. The van der Waals surface area contributed by atoms with Gasteiger partial charge in [0.25, 0.3) is 0 Å². The monoisotopic (exact) mass is 429 g/mol. The maximum atomic E-state index is 12.7. The summed E-state index contributed by atoms with van der Waals surface area (Å²) in [5, 5.41) is 0. The van der Waals surface area contributed by atoms with Crippen molar-refractivity contribution in [3.05, 3.63) is 64.1 Å². The second kappa shape index (κ2) is 9.18. The fourth-order valence-corrected chi connectivity index (χ4v) is 3.77. The van der Waals surface area contributed by atoms with Crippen molar-refractivity contribution in [3.63, 3.8) is 0 Å². The number of ketones is 1. The Morgan fingerprint density at radius 3 is 2.44 bits per heavy atom. The molecule has 1 heterocycles. The number of rotatable bonds is 7. The van der Waals surface area contributed by atoms with Gasteiger partial charge in [-0.1, -0.05) is 40.2 Å². The number of hydrogen-bond donors (Lipinski definition) is 0. The van der Waals surface area contributed by atoms with E-state index in [0.29, 0.717) is 12.2 Å². The van der Waals surface area contributed by atoms with E-state index in [1.165, 1.54) is 0 Å². The van der Waals surface area contributed by atoms with Gasteiger partial charge in [-0.25, -0.2) is 0 Å². The van der Waals surface area contributed by atoms with Gasteiger partial charge in [-0.05, 0) is 49.6 Å². The summed E-state index contributed by atoms with van der Waals surface area (Å²) in [6.45, 7) is 3.35. The van der Waals surface area contributed by atoms with E-state index in [-0.39, 0.29) is 30.6 Å². The molecule has 0 bridgehead atoms. The summed E-state index contributed by atoms with van der Waals surface area (Å²) in [6.07, 6.45) is 2.44. The van der Waals surface area contributed by atoms with E-state index in [4.69, 9.17) is 4.74 Å². The molecule has 0 saturated carbocycles. The van der Waals surface area contributed by atoms with Crippen LogP contribution in [-0.4, -0.2) is 29.7 Å². The third-order valence-electron chi connectivity index (χ3n) is 4.88. The Morgan fingerprint density at radius 2 is 1.78 bits per heavy atom. The maximum absolute atomic E-state index is 12.7. The van der Waals surface area contributed by atoms with Crippen LogP contribution in [0.15, 0.2) is 53.0 Å². The molecule has 1 aliphatic rings. The van der Waals surface area contributed by atoms with E-state index in [9.17, 15) is 9.59 Å². The van der Waals surface area contributed by atoms with Crippen molar-refractivity contribution in [2.24, 2.45) is 0 Å². The number of likely N-dealkylation sites (tertiary alicyclic amines) is 1. The molecule has 4 nitrogen and oxygen atoms in total. The second-order valence-electron chi connectivity index (χ2n) is 6.68. The smallest absolute Gasteiger partial charge is 0.223 e. The fourth-order valence-electron chi connectivity index (χ4n) is 3.51. The highest BCUT2D eigenvalue weighted by Crippen LogP contribution is 2.33. The highest BCUT2D eigenvalue weighted by molar-refractivity contribution is 9.10. The molecule has 0 unspecified atom stereocenters. The highest BCUT2D eigenvalue weighted by atomic mass is 79.9. The lowest BCUT2D eigenvalue weighted by Gasteiger charge is -2.25. The first-order valence-electron chi connectivity index (χ1n) is 9.39. The standard InChI is InChI=1S/C22H24BrNO3/c1-2-27-19-11-7-16(8-12-19)20-4-3-15-24(20)22(26)14-13-21(25)17-5-9-18(23)10-6-17/h5-12,20H,2-4,13-15H2,1H3/t20-/m0/s1. The minimum atomic E-state index is 0.00710.